The first-order chi connectivity index (χ1) is 11.7. The molecule has 1 aliphatic rings. The van der Waals surface area contributed by atoms with Gasteiger partial charge in [-0.3, -0.25) is 4.99 Å². The predicted octanol–water partition coefficient (Wildman–Crippen LogP) is 1.87. The maximum atomic E-state index is 4.35. The molecule has 2 aromatic rings. The van der Waals surface area contributed by atoms with Crippen LogP contribution in [0.1, 0.15) is 36.2 Å². The van der Waals surface area contributed by atoms with Crippen molar-refractivity contribution in [3.8, 4) is 0 Å². The van der Waals surface area contributed by atoms with Crippen LogP contribution in [0.3, 0.4) is 0 Å². The minimum absolute atomic E-state index is 0.333. The topological polar surface area (TPSA) is 67.1 Å². The fourth-order valence-electron chi connectivity index (χ4n) is 3.01. The van der Waals surface area contributed by atoms with Crippen molar-refractivity contribution in [1.82, 2.24) is 25.4 Å². The van der Waals surface area contributed by atoms with Gasteiger partial charge in [0.1, 0.15) is 12.2 Å². The smallest absolute Gasteiger partial charge is 0.191 e. The molecule has 128 valence electrons. The molecule has 0 bridgehead atoms. The van der Waals surface area contributed by atoms with E-state index >= 15 is 0 Å². The van der Waals surface area contributed by atoms with Crippen LogP contribution >= 0.6 is 0 Å². The Bertz CT molecular complexity index is 688. The van der Waals surface area contributed by atoms with Crippen LogP contribution in [0.4, 0.5) is 0 Å². The molecule has 3 rings (SSSR count). The highest BCUT2D eigenvalue weighted by Gasteiger charge is 2.20. The molecule has 2 N–H and O–H groups in total. The number of benzene rings is 1. The summed E-state index contributed by atoms with van der Waals surface area (Å²) in [6, 6.07) is 9.06. The standard InChI is InChI=1S/C18H26N6/c1-13-4-6-15(7-5-13)14(2)10-20-18(19-3)23-16-8-9-17-21-12-22-24(17)11-16/h4-7,12,14,16H,8-11H2,1-3H3,(H2,19,20,23). The van der Waals surface area contributed by atoms with Gasteiger partial charge in [0, 0.05) is 26.1 Å². The molecule has 0 radical (unpaired) electrons. The number of hydrogen-bond acceptors (Lipinski definition) is 3. The molecule has 2 heterocycles. The molecule has 0 saturated carbocycles. The summed E-state index contributed by atoms with van der Waals surface area (Å²) in [7, 11) is 1.82. The number of aliphatic imine (C=N–C) groups is 1. The summed E-state index contributed by atoms with van der Waals surface area (Å²) >= 11 is 0. The van der Waals surface area contributed by atoms with Gasteiger partial charge in [0.2, 0.25) is 0 Å². The van der Waals surface area contributed by atoms with Gasteiger partial charge in [0.15, 0.2) is 5.96 Å². The molecule has 6 heteroatoms. The molecule has 1 aliphatic heterocycles. The molecule has 0 saturated heterocycles. The van der Waals surface area contributed by atoms with Crippen LogP contribution < -0.4 is 10.6 Å². The van der Waals surface area contributed by atoms with Gasteiger partial charge in [-0.05, 0) is 24.8 Å². The fraction of sp³-hybridized carbons (Fsp3) is 0.500. The van der Waals surface area contributed by atoms with Gasteiger partial charge in [-0.15, -0.1) is 0 Å². The number of aromatic nitrogens is 3. The van der Waals surface area contributed by atoms with Crippen molar-refractivity contribution in [3.63, 3.8) is 0 Å². The summed E-state index contributed by atoms with van der Waals surface area (Å²) in [5.74, 6) is 2.35. The minimum Gasteiger partial charge on any atom is -0.356 e. The van der Waals surface area contributed by atoms with Crippen molar-refractivity contribution in [3.05, 3.63) is 47.5 Å². The summed E-state index contributed by atoms with van der Waals surface area (Å²) in [5, 5.41) is 11.2. The number of aryl methyl sites for hydroxylation is 2. The highest BCUT2D eigenvalue weighted by atomic mass is 15.4. The SMILES string of the molecule is CN=C(NCC(C)c1ccc(C)cc1)NC1CCc2ncnn2C1. The number of guanidine groups is 1. The molecular formula is C18H26N6. The van der Waals surface area contributed by atoms with Crippen molar-refractivity contribution < 1.29 is 0 Å². The molecule has 1 aromatic carbocycles. The van der Waals surface area contributed by atoms with E-state index < -0.39 is 0 Å². The van der Waals surface area contributed by atoms with Crippen LogP contribution in [0, 0.1) is 6.92 Å². The van der Waals surface area contributed by atoms with Gasteiger partial charge >= 0.3 is 0 Å². The maximum Gasteiger partial charge on any atom is 0.191 e. The molecule has 1 aromatic heterocycles. The van der Waals surface area contributed by atoms with Gasteiger partial charge < -0.3 is 10.6 Å². The summed E-state index contributed by atoms with van der Waals surface area (Å²) in [6.45, 7) is 6.03. The molecule has 0 amide bonds. The van der Waals surface area contributed by atoms with Gasteiger partial charge in [0.25, 0.3) is 0 Å². The van der Waals surface area contributed by atoms with E-state index in [0.717, 1.165) is 37.7 Å². The van der Waals surface area contributed by atoms with Crippen LogP contribution in [0.5, 0.6) is 0 Å². The number of rotatable bonds is 4. The molecule has 0 fully saturated rings. The van der Waals surface area contributed by atoms with Crippen molar-refractivity contribution in [2.75, 3.05) is 13.6 Å². The molecule has 2 atom stereocenters. The number of fused-ring (bicyclic) bond motifs is 1. The zero-order valence-electron chi connectivity index (χ0n) is 14.7. The lowest BCUT2D eigenvalue weighted by Crippen LogP contribution is -2.47. The van der Waals surface area contributed by atoms with E-state index in [0.29, 0.717) is 12.0 Å². The largest absolute Gasteiger partial charge is 0.356 e. The third kappa shape index (κ3) is 3.93. The number of nitrogens with one attached hydrogen (secondary N) is 2. The maximum absolute atomic E-state index is 4.35. The van der Waals surface area contributed by atoms with Crippen molar-refractivity contribution >= 4 is 5.96 Å². The van der Waals surface area contributed by atoms with Crippen LogP contribution in [0.25, 0.3) is 0 Å². The van der Waals surface area contributed by atoms with E-state index in [2.05, 4.69) is 63.8 Å². The summed E-state index contributed by atoms with van der Waals surface area (Å²) < 4.78 is 1.98. The first-order valence-electron chi connectivity index (χ1n) is 8.56. The molecule has 2 unspecified atom stereocenters. The quantitative estimate of drug-likeness (QED) is 0.665. The fourth-order valence-corrected chi connectivity index (χ4v) is 3.01. The average molecular weight is 326 g/mol. The van der Waals surface area contributed by atoms with Crippen LogP contribution in [0.15, 0.2) is 35.6 Å². The second-order valence-electron chi connectivity index (χ2n) is 6.50. The molecule has 6 nitrogen and oxygen atoms in total. The van der Waals surface area contributed by atoms with Crippen molar-refractivity contribution in [2.45, 2.75) is 45.2 Å². The Morgan fingerprint density at radius 3 is 2.92 bits per heavy atom. The Balaban J connectivity index is 1.51. The van der Waals surface area contributed by atoms with Crippen LogP contribution in [-0.4, -0.2) is 40.4 Å². The molecule has 0 aliphatic carbocycles. The lowest BCUT2D eigenvalue weighted by atomic mass is 10.0. The Hall–Kier alpha value is -2.37. The van der Waals surface area contributed by atoms with Gasteiger partial charge in [-0.1, -0.05) is 36.8 Å². The lowest BCUT2D eigenvalue weighted by Gasteiger charge is -2.26. The first kappa shape index (κ1) is 16.5. The summed E-state index contributed by atoms with van der Waals surface area (Å²) in [5.41, 5.74) is 2.63. The third-order valence-corrected chi connectivity index (χ3v) is 4.59. The minimum atomic E-state index is 0.333. The van der Waals surface area contributed by atoms with E-state index in [9.17, 15) is 0 Å². The van der Waals surface area contributed by atoms with E-state index in [4.69, 9.17) is 0 Å². The molecule has 24 heavy (non-hydrogen) atoms. The Kier molecular flexibility index (Phi) is 5.13. The van der Waals surface area contributed by atoms with Gasteiger partial charge in [-0.2, -0.15) is 5.10 Å². The Morgan fingerprint density at radius 2 is 2.17 bits per heavy atom. The predicted molar refractivity (Wildman–Crippen MR) is 96.2 cm³/mol. The summed E-state index contributed by atoms with van der Waals surface area (Å²) in [4.78, 5) is 8.62. The van der Waals surface area contributed by atoms with Crippen molar-refractivity contribution in [1.29, 1.82) is 0 Å². The number of nitrogens with zero attached hydrogens (tertiary/aromatic N) is 4. The van der Waals surface area contributed by atoms with E-state index in [-0.39, 0.29) is 0 Å². The third-order valence-electron chi connectivity index (χ3n) is 4.59. The van der Waals surface area contributed by atoms with Gasteiger partial charge in [0.05, 0.1) is 6.54 Å². The highest BCUT2D eigenvalue weighted by Crippen LogP contribution is 2.15. The van der Waals surface area contributed by atoms with Gasteiger partial charge in [-0.25, -0.2) is 9.67 Å². The number of hydrogen-bond donors (Lipinski definition) is 2. The van der Waals surface area contributed by atoms with E-state index in [1.54, 1.807) is 6.33 Å². The highest BCUT2D eigenvalue weighted by molar-refractivity contribution is 5.80. The normalized spacial score (nSPS) is 18.8. The monoisotopic (exact) mass is 326 g/mol. The van der Waals surface area contributed by atoms with Crippen LogP contribution in [-0.2, 0) is 13.0 Å². The zero-order chi connectivity index (χ0) is 16.9. The van der Waals surface area contributed by atoms with Crippen LogP contribution in [0.2, 0.25) is 0 Å². The Labute approximate surface area is 143 Å². The average Bonchev–Trinajstić information content (AvgIpc) is 3.06. The van der Waals surface area contributed by atoms with E-state index in [1.807, 2.05) is 11.7 Å². The molecular weight excluding hydrogens is 300 g/mol. The Morgan fingerprint density at radius 1 is 1.38 bits per heavy atom. The second-order valence-corrected chi connectivity index (χ2v) is 6.50. The first-order valence-corrected chi connectivity index (χ1v) is 8.56. The second kappa shape index (κ2) is 7.47. The summed E-state index contributed by atoms with van der Waals surface area (Å²) in [6.07, 6.45) is 3.63. The molecule has 0 spiro atoms. The lowest BCUT2D eigenvalue weighted by molar-refractivity contribution is 0.392. The van der Waals surface area contributed by atoms with Crippen molar-refractivity contribution in [2.24, 2.45) is 4.99 Å². The van der Waals surface area contributed by atoms with E-state index in [1.165, 1.54) is 11.1 Å². The zero-order valence-corrected chi connectivity index (χ0v) is 14.7.